The van der Waals surface area contributed by atoms with Crippen molar-refractivity contribution in [3.8, 4) is 0 Å². The third-order valence-corrected chi connectivity index (χ3v) is 4.90. The highest BCUT2D eigenvalue weighted by Gasteiger charge is 2.07. The highest BCUT2D eigenvalue weighted by atomic mass is 32.1. The second-order valence-corrected chi connectivity index (χ2v) is 6.62. The molecule has 1 amide bonds. The molecule has 0 aliphatic rings. The van der Waals surface area contributed by atoms with Crippen molar-refractivity contribution in [3.05, 3.63) is 65.0 Å². The molecular formula is C19H20N2OS. The third kappa shape index (κ3) is 3.54. The Morgan fingerprint density at radius 3 is 2.57 bits per heavy atom. The predicted molar refractivity (Wildman–Crippen MR) is 98.6 cm³/mol. The monoisotopic (exact) mass is 324 g/mol. The van der Waals surface area contributed by atoms with E-state index in [0.717, 1.165) is 12.1 Å². The van der Waals surface area contributed by atoms with Gasteiger partial charge in [0.1, 0.15) is 0 Å². The molecule has 1 aromatic heterocycles. The zero-order valence-corrected chi connectivity index (χ0v) is 14.2. The minimum absolute atomic E-state index is 0.0187. The van der Waals surface area contributed by atoms with E-state index in [-0.39, 0.29) is 5.91 Å². The highest BCUT2D eigenvalue weighted by Crippen LogP contribution is 2.25. The number of anilines is 1. The van der Waals surface area contributed by atoms with Crippen LogP contribution in [0.3, 0.4) is 0 Å². The summed E-state index contributed by atoms with van der Waals surface area (Å²) in [6.07, 6.45) is 0.853. The Balaban J connectivity index is 1.59. The van der Waals surface area contributed by atoms with Crippen molar-refractivity contribution in [1.82, 2.24) is 5.32 Å². The smallest absolute Gasteiger partial charge is 0.251 e. The Bertz CT molecular complexity index is 806. The number of nitrogens with one attached hydrogen (secondary N) is 1. The number of fused-ring (bicyclic) bond motifs is 1. The number of carbonyl (C=O) groups is 1. The van der Waals surface area contributed by atoms with Gasteiger partial charge >= 0.3 is 0 Å². The van der Waals surface area contributed by atoms with Crippen LogP contribution in [0.15, 0.2) is 53.9 Å². The van der Waals surface area contributed by atoms with Crippen LogP contribution in [-0.4, -0.2) is 26.5 Å². The van der Waals surface area contributed by atoms with Gasteiger partial charge in [0.15, 0.2) is 0 Å². The minimum Gasteiger partial charge on any atom is -0.378 e. The molecule has 0 fully saturated rings. The van der Waals surface area contributed by atoms with E-state index in [9.17, 15) is 4.79 Å². The predicted octanol–water partition coefficient (Wildman–Crippen LogP) is 3.94. The van der Waals surface area contributed by atoms with Gasteiger partial charge in [0.05, 0.1) is 0 Å². The Hall–Kier alpha value is -2.33. The van der Waals surface area contributed by atoms with E-state index >= 15 is 0 Å². The van der Waals surface area contributed by atoms with Crippen LogP contribution in [0.2, 0.25) is 0 Å². The van der Waals surface area contributed by atoms with Crippen molar-refractivity contribution in [2.45, 2.75) is 6.42 Å². The van der Waals surface area contributed by atoms with Crippen molar-refractivity contribution in [3.63, 3.8) is 0 Å². The average molecular weight is 324 g/mol. The largest absolute Gasteiger partial charge is 0.378 e. The van der Waals surface area contributed by atoms with Gasteiger partial charge in [-0.1, -0.05) is 18.2 Å². The van der Waals surface area contributed by atoms with E-state index in [0.29, 0.717) is 12.1 Å². The molecule has 0 saturated carbocycles. The van der Waals surface area contributed by atoms with Crippen LogP contribution >= 0.6 is 11.3 Å². The topological polar surface area (TPSA) is 32.3 Å². The summed E-state index contributed by atoms with van der Waals surface area (Å²) < 4.78 is 1.30. The number of nitrogens with zero attached hydrogens (tertiary/aromatic N) is 1. The molecule has 118 valence electrons. The molecule has 0 aliphatic heterocycles. The summed E-state index contributed by atoms with van der Waals surface area (Å²) in [5, 5.41) is 6.48. The Kier molecular flexibility index (Phi) is 4.63. The maximum atomic E-state index is 12.2. The third-order valence-electron chi connectivity index (χ3n) is 3.89. The van der Waals surface area contributed by atoms with Crippen molar-refractivity contribution in [1.29, 1.82) is 0 Å². The Morgan fingerprint density at radius 2 is 1.83 bits per heavy atom. The summed E-state index contributed by atoms with van der Waals surface area (Å²) in [4.78, 5) is 14.2. The van der Waals surface area contributed by atoms with Gasteiger partial charge in [-0.15, -0.1) is 11.3 Å². The van der Waals surface area contributed by atoms with Crippen LogP contribution in [-0.2, 0) is 6.42 Å². The fraction of sp³-hybridized carbons (Fsp3) is 0.211. The SMILES string of the molecule is CN(C)c1ccc(C(=O)NCCc2csc3ccccc23)cc1. The van der Waals surface area contributed by atoms with Gasteiger partial charge in [-0.3, -0.25) is 4.79 Å². The van der Waals surface area contributed by atoms with Crippen LogP contribution in [0.4, 0.5) is 5.69 Å². The molecule has 0 unspecified atom stereocenters. The standard InChI is InChI=1S/C19H20N2OS/c1-21(2)16-9-7-14(8-10-16)19(22)20-12-11-15-13-23-18-6-4-3-5-17(15)18/h3-10,13H,11-12H2,1-2H3,(H,20,22). The lowest BCUT2D eigenvalue weighted by atomic mass is 10.1. The molecule has 0 aliphatic carbocycles. The molecule has 3 aromatic rings. The summed E-state index contributed by atoms with van der Waals surface area (Å²) in [7, 11) is 3.97. The van der Waals surface area contributed by atoms with Crippen LogP contribution < -0.4 is 10.2 Å². The summed E-state index contributed by atoms with van der Waals surface area (Å²) in [6, 6.07) is 16.0. The number of hydrogen-bond donors (Lipinski definition) is 1. The molecule has 0 saturated heterocycles. The van der Waals surface area contributed by atoms with Gasteiger partial charge in [-0.05, 0) is 53.1 Å². The van der Waals surface area contributed by atoms with Crippen LogP contribution in [0.1, 0.15) is 15.9 Å². The Morgan fingerprint density at radius 1 is 1.09 bits per heavy atom. The maximum Gasteiger partial charge on any atom is 0.251 e. The van der Waals surface area contributed by atoms with E-state index in [1.54, 1.807) is 11.3 Å². The number of rotatable bonds is 5. The maximum absolute atomic E-state index is 12.2. The fourth-order valence-electron chi connectivity index (χ4n) is 2.55. The molecule has 23 heavy (non-hydrogen) atoms. The molecule has 0 atom stereocenters. The molecule has 2 aromatic carbocycles. The number of benzene rings is 2. The van der Waals surface area contributed by atoms with E-state index in [2.05, 4.69) is 35.0 Å². The fourth-order valence-corrected chi connectivity index (χ4v) is 3.55. The van der Waals surface area contributed by atoms with Crippen molar-refractivity contribution in [2.24, 2.45) is 0 Å². The lowest BCUT2D eigenvalue weighted by molar-refractivity contribution is 0.0954. The van der Waals surface area contributed by atoms with Gasteiger partial charge in [-0.2, -0.15) is 0 Å². The minimum atomic E-state index is -0.0187. The molecule has 1 N–H and O–H groups in total. The van der Waals surface area contributed by atoms with Crippen LogP contribution in [0.25, 0.3) is 10.1 Å². The molecule has 3 rings (SSSR count). The van der Waals surface area contributed by atoms with Gasteiger partial charge in [0.2, 0.25) is 0 Å². The zero-order chi connectivity index (χ0) is 16.2. The molecule has 3 nitrogen and oxygen atoms in total. The van der Waals surface area contributed by atoms with E-state index < -0.39 is 0 Å². The number of hydrogen-bond acceptors (Lipinski definition) is 3. The average Bonchev–Trinajstić information content (AvgIpc) is 2.98. The lowest BCUT2D eigenvalue weighted by Gasteiger charge is -2.12. The molecule has 0 bridgehead atoms. The summed E-state index contributed by atoms with van der Waals surface area (Å²) in [5.74, 6) is -0.0187. The number of carbonyl (C=O) groups excluding carboxylic acids is 1. The first kappa shape index (κ1) is 15.6. The van der Waals surface area contributed by atoms with Gasteiger partial charge in [0.25, 0.3) is 5.91 Å². The quantitative estimate of drug-likeness (QED) is 0.771. The van der Waals surface area contributed by atoms with Crippen molar-refractivity contribution in [2.75, 3.05) is 25.5 Å². The molecule has 0 radical (unpaired) electrons. The van der Waals surface area contributed by atoms with Crippen LogP contribution in [0, 0.1) is 0 Å². The zero-order valence-electron chi connectivity index (χ0n) is 13.4. The van der Waals surface area contributed by atoms with Gasteiger partial charge in [-0.25, -0.2) is 0 Å². The van der Waals surface area contributed by atoms with E-state index in [4.69, 9.17) is 0 Å². The van der Waals surface area contributed by atoms with Gasteiger partial charge in [0, 0.05) is 36.6 Å². The molecule has 4 heteroatoms. The summed E-state index contributed by atoms with van der Waals surface area (Å²) >= 11 is 1.76. The second-order valence-electron chi connectivity index (χ2n) is 5.70. The van der Waals surface area contributed by atoms with Crippen molar-refractivity contribution < 1.29 is 4.79 Å². The Labute approximate surface area is 140 Å². The molecule has 0 spiro atoms. The number of amides is 1. The normalized spacial score (nSPS) is 10.7. The molecular weight excluding hydrogens is 304 g/mol. The summed E-state index contributed by atoms with van der Waals surface area (Å²) in [5.41, 5.74) is 3.09. The number of thiophene rings is 1. The summed E-state index contributed by atoms with van der Waals surface area (Å²) in [6.45, 7) is 0.648. The van der Waals surface area contributed by atoms with Crippen molar-refractivity contribution >= 4 is 33.0 Å². The van der Waals surface area contributed by atoms with Crippen LogP contribution in [0.5, 0.6) is 0 Å². The van der Waals surface area contributed by atoms with E-state index in [1.165, 1.54) is 15.6 Å². The first-order chi connectivity index (χ1) is 11.1. The second kappa shape index (κ2) is 6.84. The van der Waals surface area contributed by atoms with Gasteiger partial charge < -0.3 is 10.2 Å². The van der Waals surface area contributed by atoms with E-state index in [1.807, 2.05) is 43.3 Å². The lowest BCUT2D eigenvalue weighted by Crippen LogP contribution is -2.25. The first-order valence-electron chi connectivity index (χ1n) is 7.66. The first-order valence-corrected chi connectivity index (χ1v) is 8.54. The molecule has 1 heterocycles. The highest BCUT2D eigenvalue weighted by molar-refractivity contribution is 7.17.